The first-order valence-corrected chi connectivity index (χ1v) is 7.10. The van der Waals surface area contributed by atoms with E-state index in [2.05, 4.69) is 25.6 Å². The number of aromatic nitrogens is 2. The quantitative estimate of drug-likeness (QED) is 0.710. The molecule has 4 N–H and O–H groups in total. The molecule has 0 radical (unpaired) electrons. The summed E-state index contributed by atoms with van der Waals surface area (Å²) in [4.78, 5) is 6.06. The lowest BCUT2D eigenvalue weighted by Crippen LogP contribution is -2.49. The molecule has 3 heterocycles. The van der Waals surface area contributed by atoms with E-state index in [9.17, 15) is 13.2 Å². The Balaban J connectivity index is 1.76. The molecule has 0 bridgehead atoms. The third-order valence-electron chi connectivity index (χ3n) is 3.78. The van der Waals surface area contributed by atoms with E-state index in [0.29, 0.717) is 5.82 Å². The summed E-state index contributed by atoms with van der Waals surface area (Å²) in [5, 5.41) is 9.73. The molecule has 0 fully saturated rings. The smallest absolute Gasteiger partial charge is 0.332 e. The summed E-state index contributed by atoms with van der Waals surface area (Å²) in [7, 11) is 2.01. The number of anilines is 1. The van der Waals surface area contributed by atoms with Crippen molar-refractivity contribution < 1.29 is 13.2 Å². The van der Waals surface area contributed by atoms with Crippen molar-refractivity contribution >= 4 is 11.8 Å². The number of likely N-dealkylation sites (N-methyl/N-ethyl adjacent to an activating group) is 1. The van der Waals surface area contributed by atoms with Crippen LogP contribution >= 0.6 is 0 Å². The van der Waals surface area contributed by atoms with Gasteiger partial charge in [-0.2, -0.15) is 18.3 Å². The van der Waals surface area contributed by atoms with Crippen molar-refractivity contribution in [2.24, 2.45) is 10.7 Å². The molecule has 2 aliphatic rings. The molecule has 0 saturated carbocycles. The van der Waals surface area contributed by atoms with Crippen molar-refractivity contribution in [3.05, 3.63) is 23.5 Å². The number of fused-ring (bicyclic) bond motifs is 1. The zero-order valence-corrected chi connectivity index (χ0v) is 12.8. The van der Waals surface area contributed by atoms with Crippen LogP contribution < -0.4 is 16.4 Å². The third-order valence-corrected chi connectivity index (χ3v) is 3.78. The van der Waals surface area contributed by atoms with Crippen LogP contribution in [0.25, 0.3) is 0 Å². The highest BCUT2D eigenvalue weighted by Gasteiger charge is 2.45. The monoisotopic (exact) mass is 329 g/mol. The van der Waals surface area contributed by atoms with E-state index in [1.807, 2.05) is 17.8 Å². The van der Waals surface area contributed by atoms with Crippen LogP contribution in [0.2, 0.25) is 0 Å². The average molecular weight is 329 g/mol. The van der Waals surface area contributed by atoms with Gasteiger partial charge in [0.15, 0.2) is 5.82 Å². The number of nitrogens with zero attached hydrogens (tertiary/aromatic N) is 4. The SMILES string of the molecule is CN1CCn2nc(NC3=NC(C)(N)C(C(F)(F)F)=CN3)cc2C1. The largest absolute Gasteiger partial charge is 0.417 e. The minimum atomic E-state index is -4.54. The van der Waals surface area contributed by atoms with E-state index < -0.39 is 17.4 Å². The first-order chi connectivity index (χ1) is 10.6. The summed E-state index contributed by atoms with van der Waals surface area (Å²) < 4.78 is 40.5. The van der Waals surface area contributed by atoms with Crippen molar-refractivity contribution in [2.45, 2.75) is 31.9 Å². The zero-order chi connectivity index (χ0) is 16.8. The molecule has 1 aromatic heterocycles. The van der Waals surface area contributed by atoms with Gasteiger partial charge in [0, 0.05) is 25.4 Å². The van der Waals surface area contributed by atoms with E-state index in [-0.39, 0.29) is 5.96 Å². The fourth-order valence-electron chi connectivity index (χ4n) is 2.62. The maximum Gasteiger partial charge on any atom is 0.417 e. The Kier molecular flexibility index (Phi) is 3.60. The van der Waals surface area contributed by atoms with Crippen LogP contribution in [-0.2, 0) is 13.1 Å². The minimum Gasteiger partial charge on any atom is -0.332 e. The zero-order valence-electron chi connectivity index (χ0n) is 12.8. The normalized spacial score (nSPS) is 25.3. The standard InChI is InChI=1S/C13H18F3N7/c1-12(17)9(13(14,15)16)6-18-11(20-12)19-10-5-8-7-22(2)3-4-23(8)21-10/h5-6H,3-4,7,17H2,1-2H3,(H2,18,19,20,21). The first-order valence-electron chi connectivity index (χ1n) is 7.10. The Morgan fingerprint density at radius 3 is 2.78 bits per heavy atom. The number of nitrogens with two attached hydrogens (primary N) is 1. The predicted octanol–water partition coefficient (Wildman–Crippen LogP) is 0.821. The number of rotatable bonds is 1. The van der Waals surface area contributed by atoms with E-state index in [0.717, 1.165) is 31.5 Å². The molecule has 3 rings (SSSR count). The minimum absolute atomic E-state index is 0.131. The molecule has 0 saturated heterocycles. The van der Waals surface area contributed by atoms with Gasteiger partial charge in [0.05, 0.1) is 17.8 Å². The van der Waals surface area contributed by atoms with Crippen molar-refractivity contribution in [1.82, 2.24) is 20.0 Å². The molecule has 0 aromatic carbocycles. The summed E-state index contributed by atoms with van der Waals surface area (Å²) in [5.41, 5.74) is 3.92. The Morgan fingerprint density at radius 1 is 1.39 bits per heavy atom. The molecule has 0 spiro atoms. The second-order valence-corrected chi connectivity index (χ2v) is 5.91. The van der Waals surface area contributed by atoms with Crippen LogP contribution in [0.5, 0.6) is 0 Å². The summed E-state index contributed by atoms with van der Waals surface area (Å²) >= 11 is 0. The number of aliphatic imine (C=N–C) groups is 1. The van der Waals surface area contributed by atoms with Gasteiger partial charge in [-0.1, -0.05) is 0 Å². The number of guanidine groups is 1. The molecule has 10 heteroatoms. The fourth-order valence-corrected chi connectivity index (χ4v) is 2.62. The number of hydrogen-bond donors (Lipinski definition) is 3. The molecular formula is C13H18F3N7. The molecule has 2 aliphatic heterocycles. The summed E-state index contributed by atoms with van der Waals surface area (Å²) in [5.74, 6) is 0.646. The van der Waals surface area contributed by atoms with Crippen molar-refractivity contribution in [2.75, 3.05) is 18.9 Å². The van der Waals surface area contributed by atoms with E-state index >= 15 is 0 Å². The molecular weight excluding hydrogens is 311 g/mol. The Hall–Kier alpha value is -2.07. The van der Waals surface area contributed by atoms with Crippen molar-refractivity contribution in [1.29, 1.82) is 0 Å². The maximum atomic E-state index is 12.9. The lowest BCUT2D eigenvalue weighted by atomic mass is 10.0. The lowest BCUT2D eigenvalue weighted by Gasteiger charge is -2.30. The number of nitrogens with one attached hydrogen (secondary N) is 2. The van der Waals surface area contributed by atoms with E-state index in [1.165, 1.54) is 6.92 Å². The van der Waals surface area contributed by atoms with Gasteiger partial charge in [-0.05, 0) is 14.0 Å². The molecule has 1 unspecified atom stereocenters. The molecule has 0 aliphatic carbocycles. The fraction of sp³-hybridized carbons (Fsp3) is 0.538. The number of halogens is 3. The van der Waals surface area contributed by atoms with Gasteiger partial charge in [0.2, 0.25) is 5.96 Å². The summed E-state index contributed by atoms with van der Waals surface area (Å²) in [6.07, 6.45) is -3.71. The van der Waals surface area contributed by atoms with Crippen LogP contribution in [0.4, 0.5) is 19.0 Å². The van der Waals surface area contributed by atoms with Gasteiger partial charge in [-0.25, -0.2) is 4.99 Å². The topological polar surface area (TPSA) is 83.5 Å². The molecule has 1 aromatic rings. The van der Waals surface area contributed by atoms with Crippen LogP contribution in [0.15, 0.2) is 22.8 Å². The van der Waals surface area contributed by atoms with Gasteiger partial charge in [-0.3, -0.25) is 9.58 Å². The summed E-state index contributed by atoms with van der Waals surface area (Å²) in [6.45, 7) is 3.63. The molecule has 126 valence electrons. The Labute approximate surface area is 131 Å². The van der Waals surface area contributed by atoms with Crippen LogP contribution in [-0.4, -0.2) is 46.1 Å². The van der Waals surface area contributed by atoms with Crippen LogP contribution in [0.3, 0.4) is 0 Å². The van der Waals surface area contributed by atoms with Crippen molar-refractivity contribution in [3.8, 4) is 0 Å². The highest BCUT2D eigenvalue weighted by atomic mass is 19.4. The Morgan fingerprint density at radius 2 is 2.13 bits per heavy atom. The highest BCUT2D eigenvalue weighted by molar-refractivity contribution is 5.94. The van der Waals surface area contributed by atoms with Crippen LogP contribution in [0.1, 0.15) is 12.6 Å². The molecule has 7 nitrogen and oxygen atoms in total. The second-order valence-electron chi connectivity index (χ2n) is 5.91. The molecule has 0 amide bonds. The van der Waals surface area contributed by atoms with E-state index in [4.69, 9.17) is 5.73 Å². The Bertz CT molecular complexity index is 672. The van der Waals surface area contributed by atoms with Crippen molar-refractivity contribution in [3.63, 3.8) is 0 Å². The first kappa shape index (κ1) is 15.8. The maximum absolute atomic E-state index is 12.9. The van der Waals surface area contributed by atoms with Crippen LogP contribution in [0, 0.1) is 0 Å². The van der Waals surface area contributed by atoms with Gasteiger partial charge in [0.25, 0.3) is 0 Å². The second kappa shape index (κ2) is 5.24. The van der Waals surface area contributed by atoms with E-state index in [1.54, 1.807) is 0 Å². The van der Waals surface area contributed by atoms with Gasteiger partial charge in [0.1, 0.15) is 5.66 Å². The predicted molar refractivity (Wildman–Crippen MR) is 79.5 cm³/mol. The number of hydrogen-bond acceptors (Lipinski definition) is 6. The molecule has 1 atom stereocenters. The summed E-state index contributed by atoms with van der Waals surface area (Å²) in [6, 6.07) is 1.84. The lowest BCUT2D eigenvalue weighted by molar-refractivity contribution is -0.100. The number of alkyl halides is 3. The highest BCUT2D eigenvalue weighted by Crippen LogP contribution is 2.34. The molecule has 23 heavy (non-hydrogen) atoms. The van der Waals surface area contributed by atoms with Gasteiger partial charge < -0.3 is 16.4 Å². The average Bonchev–Trinajstić information content (AvgIpc) is 2.77. The third kappa shape index (κ3) is 3.17. The van der Waals surface area contributed by atoms with Gasteiger partial charge >= 0.3 is 6.18 Å². The van der Waals surface area contributed by atoms with Gasteiger partial charge in [-0.15, -0.1) is 0 Å².